The first-order chi connectivity index (χ1) is 9.75. The van der Waals surface area contributed by atoms with E-state index in [-0.39, 0.29) is 12.5 Å². The van der Waals surface area contributed by atoms with E-state index >= 15 is 0 Å². The van der Waals surface area contributed by atoms with E-state index in [0.29, 0.717) is 13.2 Å². The Bertz CT molecular complexity index is 628. The Morgan fingerprint density at radius 2 is 1.85 bits per heavy atom. The Hall–Kier alpha value is -1.65. The second kappa shape index (κ2) is 5.77. The van der Waals surface area contributed by atoms with Gasteiger partial charge >= 0.3 is 0 Å². The SMILES string of the molecule is O=C1COCc2c(Br)cccc2N1Cc1ccccc1. The molecule has 1 aliphatic rings. The number of benzene rings is 2. The fourth-order valence-electron chi connectivity index (χ4n) is 2.34. The lowest BCUT2D eigenvalue weighted by molar-refractivity contribution is -0.123. The largest absolute Gasteiger partial charge is 0.367 e. The standard InChI is InChI=1S/C16H14BrNO2/c17-14-7-4-8-15-13(14)10-20-11-16(19)18(15)9-12-5-2-1-3-6-12/h1-8H,9-11H2. The third kappa shape index (κ3) is 2.62. The predicted molar refractivity (Wildman–Crippen MR) is 81.4 cm³/mol. The van der Waals surface area contributed by atoms with Crippen LogP contribution < -0.4 is 4.90 Å². The Labute approximate surface area is 126 Å². The maximum Gasteiger partial charge on any atom is 0.253 e. The van der Waals surface area contributed by atoms with Crippen molar-refractivity contribution < 1.29 is 9.53 Å². The van der Waals surface area contributed by atoms with Crippen LogP contribution in [0.3, 0.4) is 0 Å². The number of fused-ring (bicyclic) bond motifs is 1. The van der Waals surface area contributed by atoms with Crippen LogP contribution in [0, 0.1) is 0 Å². The monoisotopic (exact) mass is 331 g/mol. The van der Waals surface area contributed by atoms with Crippen molar-refractivity contribution in [1.82, 2.24) is 0 Å². The van der Waals surface area contributed by atoms with Gasteiger partial charge in [0.15, 0.2) is 0 Å². The lowest BCUT2D eigenvalue weighted by atomic mass is 10.1. The average molecular weight is 332 g/mol. The number of ether oxygens (including phenoxy) is 1. The zero-order valence-electron chi connectivity index (χ0n) is 10.9. The molecule has 0 saturated carbocycles. The molecular weight excluding hydrogens is 318 g/mol. The molecule has 102 valence electrons. The molecule has 1 heterocycles. The van der Waals surface area contributed by atoms with E-state index < -0.39 is 0 Å². The first-order valence-electron chi connectivity index (χ1n) is 6.45. The zero-order valence-corrected chi connectivity index (χ0v) is 12.5. The first-order valence-corrected chi connectivity index (χ1v) is 7.24. The van der Waals surface area contributed by atoms with Crippen LogP contribution in [-0.2, 0) is 22.7 Å². The van der Waals surface area contributed by atoms with Gasteiger partial charge in [-0.3, -0.25) is 4.79 Å². The lowest BCUT2D eigenvalue weighted by Crippen LogP contribution is -2.32. The van der Waals surface area contributed by atoms with Crippen LogP contribution in [0.1, 0.15) is 11.1 Å². The van der Waals surface area contributed by atoms with Gasteiger partial charge in [0.05, 0.1) is 18.8 Å². The van der Waals surface area contributed by atoms with Crippen LogP contribution in [0.2, 0.25) is 0 Å². The molecule has 20 heavy (non-hydrogen) atoms. The van der Waals surface area contributed by atoms with Gasteiger partial charge in [-0.1, -0.05) is 52.3 Å². The minimum absolute atomic E-state index is 0.00861. The smallest absolute Gasteiger partial charge is 0.253 e. The third-order valence-corrected chi connectivity index (χ3v) is 4.08. The molecule has 0 aromatic heterocycles. The molecule has 0 radical (unpaired) electrons. The second-order valence-electron chi connectivity index (χ2n) is 4.70. The summed E-state index contributed by atoms with van der Waals surface area (Å²) in [6.07, 6.45) is 0. The Kier molecular flexibility index (Phi) is 3.85. The van der Waals surface area contributed by atoms with Gasteiger partial charge in [0, 0.05) is 10.0 Å². The van der Waals surface area contributed by atoms with Crippen LogP contribution >= 0.6 is 15.9 Å². The third-order valence-electron chi connectivity index (χ3n) is 3.34. The van der Waals surface area contributed by atoms with Gasteiger partial charge < -0.3 is 9.64 Å². The van der Waals surface area contributed by atoms with Gasteiger partial charge in [0.1, 0.15) is 6.61 Å². The van der Waals surface area contributed by atoms with Crippen molar-refractivity contribution in [2.75, 3.05) is 11.5 Å². The molecule has 0 aliphatic carbocycles. The highest BCUT2D eigenvalue weighted by Crippen LogP contribution is 2.31. The molecule has 2 aromatic rings. The van der Waals surface area contributed by atoms with Crippen molar-refractivity contribution in [3.8, 4) is 0 Å². The number of nitrogens with zero attached hydrogens (tertiary/aromatic N) is 1. The first kappa shape index (κ1) is 13.3. The summed E-state index contributed by atoms with van der Waals surface area (Å²) in [6.45, 7) is 1.13. The Balaban J connectivity index is 2.00. The van der Waals surface area contributed by atoms with Gasteiger partial charge in [-0.2, -0.15) is 0 Å². The van der Waals surface area contributed by atoms with Crippen LogP contribution in [0.25, 0.3) is 0 Å². The van der Waals surface area contributed by atoms with Crippen LogP contribution in [0.15, 0.2) is 53.0 Å². The quantitative estimate of drug-likeness (QED) is 0.842. The molecule has 2 aromatic carbocycles. The predicted octanol–water partition coefficient (Wildman–Crippen LogP) is 3.51. The molecule has 0 saturated heterocycles. The van der Waals surface area contributed by atoms with Gasteiger partial charge in [-0.25, -0.2) is 0 Å². The topological polar surface area (TPSA) is 29.5 Å². The van der Waals surface area contributed by atoms with E-state index in [4.69, 9.17) is 4.74 Å². The lowest BCUT2D eigenvalue weighted by Gasteiger charge is -2.23. The highest BCUT2D eigenvalue weighted by molar-refractivity contribution is 9.10. The molecule has 0 spiro atoms. The average Bonchev–Trinajstić information content (AvgIpc) is 2.62. The van der Waals surface area contributed by atoms with E-state index in [0.717, 1.165) is 21.3 Å². The molecule has 0 N–H and O–H groups in total. The number of halogens is 1. The minimum Gasteiger partial charge on any atom is -0.367 e. The number of rotatable bonds is 2. The molecule has 4 heteroatoms. The van der Waals surface area contributed by atoms with Crippen molar-refractivity contribution in [2.24, 2.45) is 0 Å². The molecule has 0 atom stereocenters. The van der Waals surface area contributed by atoms with Crippen LogP contribution in [0.4, 0.5) is 5.69 Å². The maximum atomic E-state index is 12.3. The Morgan fingerprint density at radius 3 is 2.65 bits per heavy atom. The summed E-state index contributed by atoms with van der Waals surface area (Å²) in [5.74, 6) is -0.00861. The van der Waals surface area contributed by atoms with E-state index in [1.165, 1.54) is 0 Å². The van der Waals surface area contributed by atoms with Crippen molar-refractivity contribution in [3.63, 3.8) is 0 Å². The summed E-state index contributed by atoms with van der Waals surface area (Å²) >= 11 is 3.53. The molecule has 3 nitrogen and oxygen atoms in total. The number of anilines is 1. The minimum atomic E-state index is -0.00861. The molecule has 1 amide bonds. The summed E-state index contributed by atoms with van der Waals surface area (Å²) in [4.78, 5) is 14.1. The van der Waals surface area contributed by atoms with Crippen LogP contribution in [0.5, 0.6) is 0 Å². The number of amides is 1. The normalized spacial score (nSPS) is 14.8. The van der Waals surface area contributed by atoms with Crippen molar-refractivity contribution >= 4 is 27.5 Å². The molecule has 0 fully saturated rings. The number of carbonyl (C=O) groups is 1. The highest BCUT2D eigenvalue weighted by Gasteiger charge is 2.23. The number of carbonyl (C=O) groups excluding carboxylic acids is 1. The second-order valence-corrected chi connectivity index (χ2v) is 5.55. The van der Waals surface area contributed by atoms with E-state index in [2.05, 4.69) is 15.9 Å². The molecular formula is C16H14BrNO2. The van der Waals surface area contributed by atoms with Crippen molar-refractivity contribution in [3.05, 3.63) is 64.1 Å². The highest BCUT2D eigenvalue weighted by atomic mass is 79.9. The fourth-order valence-corrected chi connectivity index (χ4v) is 2.81. The number of hydrogen-bond donors (Lipinski definition) is 0. The molecule has 3 rings (SSSR count). The maximum absolute atomic E-state index is 12.3. The van der Waals surface area contributed by atoms with Crippen LogP contribution in [-0.4, -0.2) is 12.5 Å². The zero-order chi connectivity index (χ0) is 13.9. The van der Waals surface area contributed by atoms with Gasteiger partial charge in [0.2, 0.25) is 0 Å². The summed E-state index contributed by atoms with van der Waals surface area (Å²) in [7, 11) is 0. The van der Waals surface area contributed by atoms with E-state index in [1.807, 2.05) is 48.5 Å². The molecule has 0 unspecified atom stereocenters. The summed E-state index contributed by atoms with van der Waals surface area (Å²) in [6, 6.07) is 15.9. The van der Waals surface area contributed by atoms with Crippen molar-refractivity contribution in [1.29, 1.82) is 0 Å². The number of hydrogen-bond acceptors (Lipinski definition) is 2. The summed E-state index contributed by atoms with van der Waals surface area (Å²) in [5, 5.41) is 0. The summed E-state index contributed by atoms with van der Waals surface area (Å²) in [5.41, 5.74) is 3.05. The Morgan fingerprint density at radius 1 is 1.05 bits per heavy atom. The molecule has 0 bridgehead atoms. The molecule has 1 aliphatic heterocycles. The van der Waals surface area contributed by atoms with E-state index in [1.54, 1.807) is 4.90 Å². The van der Waals surface area contributed by atoms with Gasteiger partial charge in [-0.15, -0.1) is 0 Å². The van der Waals surface area contributed by atoms with E-state index in [9.17, 15) is 4.79 Å². The van der Waals surface area contributed by atoms with Crippen molar-refractivity contribution in [2.45, 2.75) is 13.2 Å². The van der Waals surface area contributed by atoms with Gasteiger partial charge in [-0.05, 0) is 17.7 Å². The fraction of sp³-hybridized carbons (Fsp3) is 0.188. The summed E-state index contributed by atoms with van der Waals surface area (Å²) < 4.78 is 6.44. The van der Waals surface area contributed by atoms with Gasteiger partial charge in [0.25, 0.3) is 5.91 Å².